The van der Waals surface area contributed by atoms with E-state index in [-0.39, 0.29) is 6.42 Å². The van der Waals surface area contributed by atoms with Gasteiger partial charge in [-0.1, -0.05) is 6.07 Å². The molecule has 1 aromatic rings. The molecule has 0 radical (unpaired) electrons. The lowest BCUT2D eigenvalue weighted by Crippen LogP contribution is -2.41. The average molecular weight is 391 g/mol. The molecule has 7 nitrogen and oxygen atoms in total. The minimum Gasteiger partial charge on any atom is -0.481 e. The van der Waals surface area contributed by atoms with Crippen LogP contribution < -0.4 is 10.8 Å². The van der Waals surface area contributed by atoms with Crippen molar-refractivity contribution in [3.05, 3.63) is 23.3 Å². The van der Waals surface area contributed by atoms with E-state index in [0.717, 1.165) is 0 Å². The summed E-state index contributed by atoms with van der Waals surface area (Å²) in [5.74, 6) is -0.961. The molecular formula is C20H30BNO6. The van der Waals surface area contributed by atoms with Gasteiger partial charge in [0.1, 0.15) is 5.60 Å². The van der Waals surface area contributed by atoms with Gasteiger partial charge in [-0.05, 0) is 78.0 Å². The third kappa shape index (κ3) is 5.05. The van der Waals surface area contributed by atoms with Crippen molar-refractivity contribution in [2.45, 2.75) is 78.6 Å². The molecule has 2 N–H and O–H groups in total. The van der Waals surface area contributed by atoms with E-state index < -0.39 is 36.0 Å². The van der Waals surface area contributed by atoms with Gasteiger partial charge >= 0.3 is 19.2 Å². The van der Waals surface area contributed by atoms with Crippen molar-refractivity contribution < 1.29 is 28.7 Å². The summed E-state index contributed by atoms with van der Waals surface area (Å²) in [6, 6.07) is 3.50. The SMILES string of the molecule is Cc1c(CC(=O)O)cc(B2OC(C)(C)C(C)(C)O2)cc1NC(=O)OC(C)(C)C. The molecule has 0 unspecified atom stereocenters. The Balaban J connectivity index is 2.41. The number of carboxylic acid groups (broad SMARTS) is 1. The lowest BCUT2D eigenvalue weighted by atomic mass is 9.77. The molecule has 1 fully saturated rings. The highest BCUT2D eigenvalue weighted by atomic mass is 16.7. The van der Waals surface area contributed by atoms with Crippen LogP contribution in [0.15, 0.2) is 12.1 Å². The molecule has 28 heavy (non-hydrogen) atoms. The summed E-state index contributed by atoms with van der Waals surface area (Å²) in [5, 5.41) is 12.0. The molecule has 8 heteroatoms. The summed E-state index contributed by atoms with van der Waals surface area (Å²) < 4.78 is 17.5. The topological polar surface area (TPSA) is 94.1 Å². The van der Waals surface area contributed by atoms with Gasteiger partial charge in [0.05, 0.1) is 17.6 Å². The number of benzene rings is 1. The Morgan fingerprint density at radius 2 is 1.68 bits per heavy atom. The molecule has 1 aliphatic heterocycles. The zero-order valence-electron chi connectivity index (χ0n) is 17.9. The van der Waals surface area contributed by atoms with E-state index in [9.17, 15) is 14.7 Å². The van der Waals surface area contributed by atoms with Crippen LogP contribution in [0.1, 0.15) is 59.6 Å². The van der Waals surface area contributed by atoms with Crippen molar-refractivity contribution in [2.75, 3.05) is 5.32 Å². The number of rotatable bonds is 4. The van der Waals surface area contributed by atoms with E-state index in [1.54, 1.807) is 39.8 Å². The monoisotopic (exact) mass is 391 g/mol. The second kappa shape index (κ2) is 7.41. The summed E-state index contributed by atoms with van der Waals surface area (Å²) in [6.07, 6.45) is -0.787. The predicted molar refractivity (Wildman–Crippen MR) is 108 cm³/mol. The van der Waals surface area contributed by atoms with E-state index in [1.807, 2.05) is 27.7 Å². The number of hydrogen-bond donors (Lipinski definition) is 2. The van der Waals surface area contributed by atoms with Crippen LogP contribution in [0.3, 0.4) is 0 Å². The molecule has 0 aromatic heterocycles. The maximum Gasteiger partial charge on any atom is 0.494 e. The summed E-state index contributed by atoms with van der Waals surface area (Å²) in [7, 11) is -0.669. The van der Waals surface area contributed by atoms with Crippen LogP contribution in [0.2, 0.25) is 0 Å². The van der Waals surface area contributed by atoms with Crippen LogP contribution in [-0.2, 0) is 25.3 Å². The van der Waals surface area contributed by atoms with Crippen LogP contribution in [0.25, 0.3) is 0 Å². The maximum absolute atomic E-state index is 12.2. The van der Waals surface area contributed by atoms with Gasteiger partial charge in [0.2, 0.25) is 0 Å². The number of carbonyl (C=O) groups is 2. The van der Waals surface area contributed by atoms with Gasteiger partial charge in [0.25, 0.3) is 0 Å². The number of aliphatic carboxylic acids is 1. The number of ether oxygens (including phenoxy) is 1. The van der Waals surface area contributed by atoms with E-state index in [2.05, 4.69) is 5.32 Å². The number of anilines is 1. The fourth-order valence-corrected chi connectivity index (χ4v) is 2.80. The maximum atomic E-state index is 12.2. The molecule has 1 amide bonds. The fraction of sp³-hybridized carbons (Fsp3) is 0.600. The minimum atomic E-state index is -0.961. The number of carbonyl (C=O) groups excluding carboxylic acids is 1. The molecule has 0 spiro atoms. The Kier molecular flexibility index (Phi) is 5.88. The second-order valence-electron chi connectivity index (χ2n) is 9.14. The second-order valence-corrected chi connectivity index (χ2v) is 9.14. The number of nitrogens with one attached hydrogen (secondary N) is 1. The van der Waals surface area contributed by atoms with Crippen LogP contribution in [0.5, 0.6) is 0 Å². The van der Waals surface area contributed by atoms with Gasteiger partial charge in [0.15, 0.2) is 0 Å². The zero-order chi connectivity index (χ0) is 21.5. The van der Waals surface area contributed by atoms with Crippen LogP contribution >= 0.6 is 0 Å². The molecule has 0 saturated carbocycles. The van der Waals surface area contributed by atoms with Gasteiger partial charge in [-0.2, -0.15) is 0 Å². The summed E-state index contributed by atoms with van der Waals surface area (Å²) in [4.78, 5) is 23.5. The van der Waals surface area contributed by atoms with E-state index in [4.69, 9.17) is 14.0 Å². The molecule has 0 atom stereocenters. The number of hydrogen-bond acceptors (Lipinski definition) is 5. The third-order valence-corrected chi connectivity index (χ3v) is 5.04. The van der Waals surface area contributed by atoms with Gasteiger partial charge in [-0.25, -0.2) is 4.79 Å². The van der Waals surface area contributed by atoms with E-state index in [0.29, 0.717) is 22.3 Å². The van der Waals surface area contributed by atoms with Crippen LogP contribution in [-0.4, -0.2) is 41.1 Å². The van der Waals surface area contributed by atoms with Crippen molar-refractivity contribution in [3.8, 4) is 0 Å². The molecule has 154 valence electrons. The lowest BCUT2D eigenvalue weighted by Gasteiger charge is -2.32. The fourth-order valence-electron chi connectivity index (χ4n) is 2.80. The van der Waals surface area contributed by atoms with Gasteiger partial charge in [-0.3, -0.25) is 10.1 Å². The number of carboxylic acids is 1. The largest absolute Gasteiger partial charge is 0.494 e. The highest BCUT2D eigenvalue weighted by molar-refractivity contribution is 6.62. The number of amides is 1. The lowest BCUT2D eigenvalue weighted by molar-refractivity contribution is -0.136. The first-order valence-electron chi connectivity index (χ1n) is 9.32. The van der Waals surface area contributed by atoms with Crippen molar-refractivity contribution in [1.82, 2.24) is 0 Å². The Morgan fingerprint density at radius 1 is 1.14 bits per heavy atom. The first-order valence-corrected chi connectivity index (χ1v) is 9.32. The standard InChI is InChI=1S/C20H30BNO6/c1-12-13(10-16(23)24)9-14(21-27-19(5,6)20(7,8)28-21)11-15(12)22-17(25)26-18(2,3)4/h9,11H,10H2,1-8H3,(H,22,25)(H,23,24). The molecular weight excluding hydrogens is 361 g/mol. The smallest absolute Gasteiger partial charge is 0.481 e. The van der Waals surface area contributed by atoms with Gasteiger partial charge < -0.3 is 19.2 Å². The van der Waals surface area contributed by atoms with E-state index in [1.165, 1.54) is 0 Å². The van der Waals surface area contributed by atoms with Crippen molar-refractivity contribution in [1.29, 1.82) is 0 Å². The van der Waals surface area contributed by atoms with Crippen molar-refractivity contribution in [2.24, 2.45) is 0 Å². The normalized spacial score (nSPS) is 18.1. The first kappa shape index (κ1) is 22.2. The molecule has 0 bridgehead atoms. The van der Waals surface area contributed by atoms with Crippen molar-refractivity contribution in [3.63, 3.8) is 0 Å². The zero-order valence-corrected chi connectivity index (χ0v) is 17.9. The molecule has 2 rings (SSSR count). The first-order chi connectivity index (χ1) is 12.6. The molecule has 1 heterocycles. The highest BCUT2D eigenvalue weighted by Crippen LogP contribution is 2.37. The van der Waals surface area contributed by atoms with E-state index >= 15 is 0 Å². The quantitative estimate of drug-likeness (QED) is 0.766. The minimum absolute atomic E-state index is 0.178. The molecule has 1 aliphatic rings. The Hall–Kier alpha value is -2.06. The summed E-state index contributed by atoms with van der Waals surface area (Å²) >= 11 is 0. The molecule has 1 saturated heterocycles. The molecule has 1 aromatic carbocycles. The van der Waals surface area contributed by atoms with Crippen molar-refractivity contribution >= 4 is 30.3 Å². The van der Waals surface area contributed by atoms with Gasteiger partial charge in [-0.15, -0.1) is 0 Å². The molecule has 0 aliphatic carbocycles. The van der Waals surface area contributed by atoms with Crippen LogP contribution in [0, 0.1) is 6.92 Å². The average Bonchev–Trinajstić information content (AvgIpc) is 2.69. The van der Waals surface area contributed by atoms with Crippen LogP contribution in [0.4, 0.5) is 10.5 Å². The van der Waals surface area contributed by atoms with Gasteiger partial charge in [0, 0.05) is 5.69 Å². The Bertz CT molecular complexity index is 766. The predicted octanol–water partition coefficient (Wildman–Crippen LogP) is 3.27. The summed E-state index contributed by atoms with van der Waals surface area (Å²) in [5.41, 5.74) is 0.636. The third-order valence-electron chi connectivity index (χ3n) is 5.04. The highest BCUT2D eigenvalue weighted by Gasteiger charge is 2.51. The Morgan fingerprint density at radius 3 is 2.14 bits per heavy atom. The Labute approximate surface area is 166 Å². The summed E-state index contributed by atoms with van der Waals surface area (Å²) in [6.45, 7) is 14.9.